The summed E-state index contributed by atoms with van der Waals surface area (Å²) in [6.07, 6.45) is 4.06. The van der Waals surface area contributed by atoms with Crippen LogP contribution < -0.4 is 10.1 Å². The molecule has 2 aromatic carbocycles. The smallest absolute Gasteiger partial charge is 0.237 e. The van der Waals surface area contributed by atoms with Gasteiger partial charge in [0.15, 0.2) is 0 Å². The zero-order valence-electron chi connectivity index (χ0n) is 14.5. The molecule has 0 aliphatic carbocycles. The molecule has 4 heteroatoms. The molecule has 128 valence electrons. The second-order valence-corrected chi connectivity index (χ2v) is 6.50. The molecule has 1 amide bonds. The summed E-state index contributed by atoms with van der Waals surface area (Å²) in [6.45, 7) is 1.64. The standard InChI is InChI=1S/C20H26N2O2/c1-22-14-6-5-9-18(22)20(23)21-13-12-17-16-8-4-3-7-15(16)10-11-19(17)24-2/h3-4,7-8,10-11,18H,5-6,9,12-14H2,1-2H3,(H,21,23)/t18-/m1/s1. The molecule has 24 heavy (non-hydrogen) atoms. The molecule has 1 fully saturated rings. The van der Waals surface area contributed by atoms with Gasteiger partial charge in [-0.15, -0.1) is 0 Å². The van der Waals surface area contributed by atoms with Gasteiger partial charge in [0.25, 0.3) is 0 Å². The monoisotopic (exact) mass is 326 g/mol. The van der Waals surface area contributed by atoms with E-state index in [2.05, 4.69) is 28.4 Å². The minimum Gasteiger partial charge on any atom is -0.496 e. The lowest BCUT2D eigenvalue weighted by atomic mass is 10.0. The minimum atomic E-state index is 0.0214. The highest BCUT2D eigenvalue weighted by Crippen LogP contribution is 2.28. The van der Waals surface area contributed by atoms with Crippen molar-refractivity contribution in [3.8, 4) is 5.75 Å². The van der Waals surface area contributed by atoms with Gasteiger partial charge in [0.05, 0.1) is 13.2 Å². The number of fused-ring (bicyclic) bond motifs is 1. The van der Waals surface area contributed by atoms with E-state index in [0.29, 0.717) is 6.54 Å². The molecule has 0 unspecified atom stereocenters. The Balaban J connectivity index is 1.68. The molecule has 1 heterocycles. The average Bonchev–Trinajstić information content (AvgIpc) is 2.62. The van der Waals surface area contributed by atoms with Crippen LogP contribution in [0.5, 0.6) is 5.75 Å². The number of piperidine rings is 1. The number of rotatable bonds is 5. The number of likely N-dealkylation sites (N-methyl/N-ethyl adjacent to an activating group) is 1. The molecular formula is C20H26N2O2. The first-order valence-corrected chi connectivity index (χ1v) is 8.73. The van der Waals surface area contributed by atoms with Gasteiger partial charge in [-0.05, 0) is 49.7 Å². The summed E-state index contributed by atoms with van der Waals surface area (Å²) in [7, 11) is 3.74. The Bertz CT molecular complexity index is 714. The molecule has 1 atom stereocenters. The molecule has 1 N–H and O–H groups in total. The molecule has 1 aliphatic rings. The van der Waals surface area contributed by atoms with Gasteiger partial charge in [0.2, 0.25) is 5.91 Å². The third-order valence-corrected chi connectivity index (χ3v) is 4.96. The van der Waals surface area contributed by atoms with Crippen LogP contribution in [0, 0.1) is 0 Å². The van der Waals surface area contributed by atoms with E-state index in [-0.39, 0.29) is 11.9 Å². The second kappa shape index (κ2) is 7.67. The number of amides is 1. The molecule has 4 nitrogen and oxygen atoms in total. The Morgan fingerprint density at radius 3 is 2.88 bits per heavy atom. The number of nitrogens with zero attached hydrogens (tertiary/aromatic N) is 1. The highest BCUT2D eigenvalue weighted by molar-refractivity contribution is 5.88. The van der Waals surface area contributed by atoms with Crippen molar-refractivity contribution in [2.75, 3.05) is 27.2 Å². The fourth-order valence-corrected chi connectivity index (χ4v) is 3.60. The van der Waals surface area contributed by atoms with Crippen LogP contribution in [-0.4, -0.2) is 44.1 Å². The van der Waals surface area contributed by atoms with Crippen LogP contribution in [-0.2, 0) is 11.2 Å². The lowest BCUT2D eigenvalue weighted by Crippen LogP contribution is -2.47. The van der Waals surface area contributed by atoms with Gasteiger partial charge in [-0.2, -0.15) is 0 Å². The maximum atomic E-state index is 12.4. The van der Waals surface area contributed by atoms with E-state index in [1.165, 1.54) is 17.2 Å². The van der Waals surface area contributed by atoms with Crippen molar-refractivity contribution in [2.45, 2.75) is 31.7 Å². The summed E-state index contributed by atoms with van der Waals surface area (Å²) in [6, 6.07) is 12.4. The second-order valence-electron chi connectivity index (χ2n) is 6.50. The molecule has 0 spiro atoms. The summed E-state index contributed by atoms with van der Waals surface area (Å²) in [4.78, 5) is 14.6. The molecule has 0 radical (unpaired) electrons. The van der Waals surface area contributed by atoms with Gasteiger partial charge < -0.3 is 10.1 Å². The Morgan fingerprint density at radius 2 is 2.08 bits per heavy atom. The average molecular weight is 326 g/mol. The fraction of sp³-hybridized carbons (Fsp3) is 0.450. The van der Waals surface area contributed by atoms with Crippen LogP contribution in [0.15, 0.2) is 36.4 Å². The lowest BCUT2D eigenvalue weighted by Gasteiger charge is -2.31. The molecule has 1 aliphatic heterocycles. The summed E-state index contributed by atoms with van der Waals surface area (Å²) < 4.78 is 5.52. The number of benzene rings is 2. The number of carbonyl (C=O) groups excluding carboxylic acids is 1. The number of hydrogen-bond acceptors (Lipinski definition) is 3. The SMILES string of the molecule is COc1ccc2ccccc2c1CCNC(=O)[C@H]1CCCCN1C. The highest BCUT2D eigenvalue weighted by atomic mass is 16.5. The number of hydrogen-bond donors (Lipinski definition) is 1. The Morgan fingerprint density at radius 1 is 1.25 bits per heavy atom. The molecule has 2 aromatic rings. The molecular weight excluding hydrogens is 300 g/mol. The van der Waals surface area contributed by atoms with Crippen molar-refractivity contribution >= 4 is 16.7 Å². The predicted molar refractivity (Wildman–Crippen MR) is 97.5 cm³/mol. The zero-order valence-corrected chi connectivity index (χ0v) is 14.5. The normalized spacial score (nSPS) is 18.5. The first-order valence-electron chi connectivity index (χ1n) is 8.73. The third kappa shape index (κ3) is 3.54. The van der Waals surface area contributed by atoms with Crippen molar-refractivity contribution < 1.29 is 9.53 Å². The van der Waals surface area contributed by atoms with Crippen molar-refractivity contribution in [3.63, 3.8) is 0 Å². The van der Waals surface area contributed by atoms with Crippen molar-refractivity contribution in [1.82, 2.24) is 10.2 Å². The van der Waals surface area contributed by atoms with E-state index < -0.39 is 0 Å². The first-order chi connectivity index (χ1) is 11.7. The quantitative estimate of drug-likeness (QED) is 0.918. The van der Waals surface area contributed by atoms with Crippen LogP contribution in [0.4, 0.5) is 0 Å². The first kappa shape index (κ1) is 16.8. The number of ether oxygens (including phenoxy) is 1. The number of likely N-dealkylation sites (tertiary alicyclic amines) is 1. The van der Waals surface area contributed by atoms with E-state index in [4.69, 9.17) is 4.74 Å². The molecule has 3 rings (SSSR count). The summed E-state index contributed by atoms with van der Waals surface area (Å²) >= 11 is 0. The largest absolute Gasteiger partial charge is 0.496 e. The van der Waals surface area contributed by atoms with Gasteiger partial charge in [-0.3, -0.25) is 9.69 Å². The molecule has 0 bridgehead atoms. The van der Waals surface area contributed by atoms with Gasteiger partial charge in [-0.1, -0.05) is 36.8 Å². The third-order valence-electron chi connectivity index (χ3n) is 4.96. The summed E-state index contributed by atoms with van der Waals surface area (Å²) in [5.41, 5.74) is 1.16. The van der Waals surface area contributed by atoms with E-state index in [9.17, 15) is 4.79 Å². The van der Waals surface area contributed by atoms with Crippen LogP contribution in [0.1, 0.15) is 24.8 Å². The Labute approximate surface area is 143 Å². The van der Waals surface area contributed by atoms with E-state index in [1.54, 1.807) is 7.11 Å². The minimum absolute atomic E-state index is 0.0214. The summed E-state index contributed by atoms with van der Waals surface area (Å²) in [5, 5.41) is 5.51. The Hall–Kier alpha value is -2.07. The van der Waals surface area contributed by atoms with Gasteiger partial charge in [-0.25, -0.2) is 0 Å². The van der Waals surface area contributed by atoms with Crippen LogP contribution in [0.25, 0.3) is 10.8 Å². The molecule has 0 aromatic heterocycles. The van der Waals surface area contributed by atoms with Gasteiger partial charge >= 0.3 is 0 Å². The van der Waals surface area contributed by atoms with Crippen LogP contribution in [0.2, 0.25) is 0 Å². The predicted octanol–water partition coefficient (Wildman–Crippen LogP) is 2.99. The van der Waals surface area contributed by atoms with E-state index in [0.717, 1.165) is 37.1 Å². The van der Waals surface area contributed by atoms with Crippen molar-refractivity contribution in [2.24, 2.45) is 0 Å². The number of methoxy groups -OCH3 is 1. The Kier molecular flexibility index (Phi) is 5.36. The van der Waals surface area contributed by atoms with Crippen LogP contribution >= 0.6 is 0 Å². The molecule has 0 saturated carbocycles. The van der Waals surface area contributed by atoms with Crippen molar-refractivity contribution in [3.05, 3.63) is 42.0 Å². The summed E-state index contributed by atoms with van der Waals surface area (Å²) in [5.74, 6) is 1.04. The van der Waals surface area contributed by atoms with Crippen molar-refractivity contribution in [1.29, 1.82) is 0 Å². The maximum absolute atomic E-state index is 12.4. The number of nitrogens with one attached hydrogen (secondary N) is 1. The highest BCUT2D eigenvalue weighted by Gasteiger charge is 2.25. The van der Waals surface area contributed by atoms with Crippen LogP contribution in [0.3, 0.4) is 0 Å². The zero-order chi connectivity index (χ0) is 16.9. The topological polar surface area (TPSA) is 41.6 Å². The van der Waals surface area contributed by atoms with Gasteiger partial charge in [0, 0.05) is 12.1 Å². The molecule has 1 saturated heterocycles. The van der Waals surface area contributed by atoms with E-state index >= 15 is 0 Å². The lowest BCUT2D eigenvalue weighted by molar-refractivity contribution is -0.126. The number of carbonyl (C=O) groups is 1. The van der Waals surface area contributed by atoms with E-state index in [1.807, 2.05) is 25.2 Å². The maximum Gasteiger partial charge on any atom is 0.237 e. The van der Waals surface area contributed by atoms with Gasteiger partial charge in [0.1, 0.15) is 5.75 Å². The fourth-order valence-electron chi connectivity index (χ4n) is 3.60.